The molecule has 0 atom stereocenters. The van der Waals surface area contributed by atoms with E-state index in [1.54, 1.807) is 30.3 Å². The highest BCUT2D eigenvalue weighted by atomic mass is 35.5. The Kier molecular flexibility index (Phi) is 6.43. The molecule has 0 aliphatic carbocycles. The summed E-state index contributed by atoms with van der Waals surface area (Å²) in [6, 6.07) is 15.1. The van der Waals surface area contributed by atoms with Crippen LogP contribution in [0, 0.1) is 19.7 Å². The van der Waals surface area contributed by atoms with Gasteiger partial charge in [-0.05, 0) is 61.4 Å². The Morgan fingerprint density at radius 1 is 1.00 bits per heavy atom. The topological polar surface area (TPSA) is 75.3 Å². The molecule has 3 aromatic carbocycles. The average molecular weight is 447 g/mol. The molecule has 0 spiro atoms. The molecule has 3 rings (SSSR count). The first-order chi connectivity index (χ1) is 14.2. The molecule has 3 aromatic rings. The fourth-order valence-electron chi connectivity index (χ4n) is 2.78. The fourth-order valence-corrected chi connectivity index (χ4v) is 4.06. The van der Waals surface area contributed by atoms with E-state index in [0.717, 1.165) is 11.1 Å². The molecule has 0 bridgehead atoms. The number of carbonyl (C=O) groups excluding carboxylic acids is 1. The van der Waals surface area contributed by atoms with Gasteiger partial charge in [0, 0.05) is 17.8 Å². The van der Waals surface area contributed by atoms with Gasteiger partial charge in [-0.15, -0.1) is 0 Å². The molecule has 0 unspecified atom stereocenters. The van der Waals surface area contributed by atoms with Crippen molar-refractivity contribution in [3.63, 3.8) is 0 Å². The maximum Gasteiger partial charge on any atom is 0.261 e. The number of amides is 1. The molecule has 8 heteroatoms. The van der Waals surface area contributed by atoms with Crippen LogP contribution in [0.2, 0.25) is 5.02 Å². The van der Waals surface area contributed by atoms with Crippen molar-refractivity contribution < 1.29 is 17.6 Å². The van der Waals surface area contributed by atoms with Crippen molar-refractivity contribution in [1.82, 2.24) is 5.32 Å². The van der Waals surface area contributed by atoms with Crippen molar-refractivity contribution in [3.05, 3.63) is 93.8 Å². The van der Waals surface area contributed by atoms with E-state index in [1.165, 1.54) is 24.3 Å². The van der Waals surface area contributed by atoms with Gasteiger partial charge in [0.1, 0.15) is 5.82 Å². The lowest BCUT2D eigenvalue weighted by Gasteiger charge is -2.12. The number of carbonyl (C=O) groups is 1. The zero-order valence-electron chi connectivity index (χ0n) is 16.4. The van der Waals surface area contributed by atoms with Gasteiger partial charge < -0.3 is 5.32 Å². The van der Waals surface area contributed by atoms with Crippen LogP contribution >= 0.6 is 11.6 Å². The number of hydrogen-bond donors (Lipinski definition) is 2. The molecule has 156 valence electrons. The summed E-state index contributed by atoms with van der Waals surface area (Å²) in [4.78, 5) is 12.4. The van der Waals surface area contributed by atoms with Crippen molar-refractivity contribution >= 4 is 33.2 Å². The van der Waals surface area contributed by atoms with E-state index >= 15 is 0 Å². The van der Waals surface area contributed by atoms with Gasteiger partial charge in [0.25, 0.3) is 15.9 Å². The molecule has 30 heavy (non-hydrogen) atoms. The Hall–Kier alpha value is -2.90. The van der Waals surface area contributed by atoms with Gasteiger partial charge in [0.15, 0.2) is 0 Å². The third-order valence-corrected chi connectivity index (χ3v) is 6.36. The standard InChI is InChI=1S/C22H20ClFN2O3S/c1-14-7-8-17(11-15(14)2)26-30(28,29)18-9-10-20(23)19(12-18)22(27)25-13-16-5-3-4-6-21(16)24/h3-12,26H,13H2,1-2H3,(H,25,27). The molecule has 0 saturated carbocycles. The van der Waals surface area contributed by atoms with Gasteiger partial charge >= 0.3 is 0 Å². The predicted molar refractivity (Wildman–Crippen MR) is 116 cm³/mol. The first-order valence-electron chi connectivity index (χ1n) is 9.08. The van der Waals surface area contributed by atoms with E-state index in [1.807, 2.05) is 19.9 Å². The summed E-state index contributed by atoms with van der Waals surface area (Å²) in [7, 11) is -3.94. The van der Waals surface area contributed by atoms with Crippen LogP contribution in [0.15, 0.2) is 65.6 Å². The third kappa shape index (κ3) is 4.98. The zero-order chi connectivity index (χ0) is 21.9. The van der Waals surface area contributed by atoms with Crippen LogP contribution in [-0.2, 0) is 16.6 Å². The second-order valence-corrected chi connectivity index (χ2v) is 8.91. The molecule has 0 aliphatic rings. The van der Waals surface area contributed by atoms with Crippen LogP contribution in [0.4, 0.5) is 10.1 Å². The third-order valence-electron chi connectivity index (χ3n) is 4.65. The molecule has 0 aromatic heterocycles. The minimum Gasteiger partial charge on any atom is -0.348 e. The van der Waals surface area contributed by atoms with Gasteiger partial charge in [0.2, 0.25) is 0 Å². The largest absolute Gasteiger partial charge is 0.348 e. The van der Waals surface area contributed by atoms with Gasteiger partial charge in [-0.2, -0.15) is 0 Å². The molecule has 0 heterocycles. The van der Waals surface area contributed by atoms with Crippen LogP contribution < -0.4 is 10.0 Å². The summed E-state index contributed by atoms with van der Waals surface area (Å²) in [6.45, 7) is 3.76. The van der Waals surface area contributed by atoms with Crippen molar-refractivity contribution in [2.24, 2.45) is 0 Å². The lowest BCUT2D eigenvalue weighted by molar-refractivity contribution is 0.0950. The maximum absolute atomic E-state index is 13.7. The number of nitrogens with one attached hydrogen (secondary N) is 2. The van der Waals surface area contributed by atoms with Crippen LogP contribution in [0.25, 0.3) is 0 Å². The van der Waals surface area contributed by atoms with E-state index in [4.69, 9.17) is 11.6 Å². The lowest BCUT2D eigenvalue weighted by atomic mass is 10.1. The summed E-state index contributed by atoms with van der Waals surface area (Å²) in [5.74, 6) is -1.05. The van der Waals surface area contributed by atoms with Crippen molar-refractivity contribution in [1.29, 1.82) is 0 Å². The van der Waals surface area contributed by atoms with Gasteiger partial charge in [-0.1, -0.05) is 35.9 Å². The van der Waals surface area contributed by atoms with E-state index in [2.05, 4.69) is 10.0 Å². The molecule has 1 amide bonds. The Labute approximate surface area is 179 Å². The average Bonchev–Trinajstić information content (AvgIpc) is 2.70. The zero-order valence-corrected chi connectivity index (χ0v) is 17.9. The molecule has 2 N–H and O–H groups in total. The van der Waals surface area contributed by atoms with Crippen LogP contribution in [0.1, 0.15) is 27.0 Å². The number of aryl methyl sites for hydroxylation is 2. The van der Waals surface area contributed by atoms with E-state index in [0.29, 0.717) is 11.3 Å². The Bertz CT molecular complexity index is 1210. The highest BCUT2D eigenvalue weighted by Gasteiger charge is 2.19. The number of halogens is 2. The van der Waals surface area contributed by atoms with Crippen molar-refractivity contribution in [2.45, 2.75) is 25.3 Å². The van der Waals surface area contributed by atoms with E-state index in [-0.39, 0.29) is 22.0 Å². The van der Waals surface area contributed by atoms with Gasteiger partial charge in [0.05, 0.1) is 15.5 Å². The van der Waals surface area contributed by atoms with Crippen molar-refractivity contribution in [2.75, 3.05) is 4.72 Å². The quantitative estimate of drug-likeness (QED) is 0.569. The SMILES string of the molecule is Cc1ccc(NS(=O)(=O)c2ccc(Cl)c(C(=O)NCc3ccccc3F)c2)cc1C. The fraction of sp³-hybridized carbons (Fsp3) is 0.136. The maximum atomic E-state index is 13.7. The van der Waals surface area contributed by atoms with E-state index in [9.17, 15) is 17.6 Å². The smallest absolute Gasteiger partial charge is 0.261 e. The molecule has 0 fully saturated rings. The normalized spacial score (nSPS) is 11.2. The molecule has 0 radical (unpaired) electrons. The highest BCUT2D eigenvalue weighted by Crippen LogP contribution is 2.24. The molecule has 0 saturated heterocycles. The van der Waals surface area contributed by atoms with Gasteiger partial charge in [-0.25, -0.2) is 12.8 Å². The first-order valence-corrected chi connectivity index (χ1v) is 10.9. The number of anilines is 1. The monoisotopic (exact) mass is 446 g/mol. The van der Waals surface area contributed by atoms with Crippen LogP contribution in [0.3, 0.4) is 0 Å². The summed E-state index contributed by atoms with van der Waals surface area (Å²) < 4.78 is 41.8. The first kappa shape index (κ1) is 21.8. The van der Waals surface area contributed by atoms with E-state index < -0.39 is 21.7 Å². The molecular weight excluding hydrogens is 427 g/mol. The molecule has 5 nitrogen and oxygen atoms in total. The highest BCUT2D eigenvalue weighted by molar-refractivity contribution is 7.92. The van der Waals surface area contributed by atoms with Gasteiger partial charge in [-0.3, -0.25) is 9.52 Å². The minimum absolute atomic E-state index is 0.0176. The van der Waals surface area contributed by atoms with Crippen LogP contribution in [-0.4, -0.2) is 14.3 Å². The Morgan fingerprint density at radius 3 is 2.43 bits per heavy atom. The lowest BCUT2D eigenvalue weighted by Crippen LogP contribution is -2.24. The summed E-state index contributed by atoms with van der Waals surface area (Å²) in [5, 5.41) is 2.65. The number of benzene rings is 3. The second-order valence-electron chi connectivity index (χ2n) is 6.82. The number of sulfonamides is 1. The Balaban J connectivity index is 1.82. The Morgan fingerprint density at radius 2 is 1.73 bits per heavy atom. The molecular formula is C22H20ClFN2O3S. The van der Waals surface area contributed by atoms with Crippen LogP contribution in [0.5, 0.6) is 0 Å². The number of rotatable bonds is 6. The summed E-state index contributed by atoms with van der Waals surface area (Å²) in [5.41, 5.74) is 2.69. The predicted octanol–water partition coefficient (Wildman–Crippen LogP) is 4.83. The summed E-state index contributed by atoms with van der Waals surface area (Å²) >= 11 is 6.10. The summed E-state index contributed by atoms with van der Waals surface area (Å²) in [6.07, 6.45) is 0. The second kappa shape index (κ2) is 8.85. The minimum atomic E-state index is -3.94. The number of hydrogen-bond acceptors (Lipinski definition) is 3. The molecule has 0 aliphatic heterocycles. The van der Waals surface area contributed by atoms with Crippen molar-refractivity contribution in [3.8, 4) is 0 Å².